The van der Waals surface area contributed by atoms with E-state index in [2.05, 4.69) is 61.6 Å². The van der Waals surface area contributed by atoms with E-state index < -0.39 is 0 Å². The van der Waals surface area contributed by atoms with E-state index in [1.165, 1.54) is 5.69 Å². The zero-order chi connectivity index (χ0) is 22.9. The fourth-order valence-electron chi connectivity index (χ4n) is 4.58. The van der Waals surface area contributed by atoms with Crippen LogP contribution in [-0.4, -0.2) is 61.8 Å². The molecule has 1 aromatic heterocycles. The predicted molar refractivity (Wildman–Crippen MR) is 132 cm³/mol. The number of carbonyl (C=O) groups is 1. The van der Waals surface area contributed by atoms with Crippen LogP contribution in [0.4, 0.5) is 17.3 Å². The van der Waals surface area contributed by atoms with Gasteiger partial charge in [0.15, 0.2) is 0 Å². The Bertz CT molecular complexity index is 885. The Labute approximate surface area is 196 Å². The second kappa shape index (κ2) is 11.8. The van der Waals surface area contributed by atoms with E-state index in [0.29, 0.717) is 18.9 Å². The van der Waals surface area contributed by atoms with Gasteiger partial charge in [-0.3, -0.25) is 4.79 Å². The van der Waals surface area contributed by atoms with Gasteiger partial charge in [-0.15, -0.1) is 0 Å². The summed E-state index contributed by atoms with van der Waals surface area (Å²) in [6.07, 6.45) is 5.39. The number of aromatic nitrogens is 2. The quantitative estimate of drug-likeness (QED) is 0.605. The number of hydrogen-bond acceptors (Lipinski definition) is 7. The number of benzene rings is 1. The van der Waals surface area contributed by atoms with E-state index >= 15 is 0 Å². The molecule has 8 heteroatoms. The van der Waals surface area contributed by atoms with Crippen LogP contribution in [0.3, 0.4) is 0 Å². The summed E-state index contributed by atoms with van der Waals surface area (Å²) in [7, 11) is 0. The minimum Gasteiger partial charge on any atom is -0.378 e. The molecule has 0 saturated carbocycles. The summed E-state index contributed by atoms with van der Waals surface area (Å²) < 4.78 is 5.42. The molecule has 0 unspecified atom stereocenters. The highest BCUT2D eigenvalue weighted by atomic mass is 16.5. The van der Waals surface area contributed by atoms with E-state index in [0.717, 1.165) is 82.4 Å². The molecule has 2 aliphatic rings. The maximum Gasteiger partial charge on any atom is 0.220 e. The summed E-state index contributed by atoms with van der Waals surface area (Å²) in [6.45, 7) is 8.86. The van der Waals surface area contributed by atoms with Gasteiger partial charge in [0.25, 0.3) is 0 Å². The minimum absolute atomic E-state index is 0.126. The van der Waals surface area contributed by atoms with Gasteiger partial charge in [0.05, 0.1) is 13.2 Å². The van der Waals surface area contributed by atoms with Crippen molar-refractivity contribution in [3.8, 4) is 0 Å². The molecule has 2 saturated heterocycles. The minimum atomic E-state index is 0.126. The molecule has 2 fully saturated rings. The van der Waals surface area contributed by atoms with Gasteiger partial charge in [-0.2, -0.15) is 0 Å². The molecule has 0 aliphatic carbocycles. The van der Waals surface area contributed by atoms with Gasteiger partial charge >= 0.3 is 0 Å². The molecule has 8 nitrogen and oxygen atoms in total. The molecule has 178 valence electrons. The largest absolute Gasteiger partial charge is 0.378 e. The van der Waals surface area contributed by atoms with Crippen molar-refractivity contribution in [3.63, 3.8) is 0 Å². The number of ether oxygens (including phenoxy) is 1. The predicted octanol–water partition coefficient (Wildman–Crippen LogP) is 3.06. The van der Waals surface area contributed by atoms with Crippen molar-refractivity contribution in [2.45, 2.75) is 39.2 Å². The van der Waals surface area contributed by atoms with Gasteiger partial charge in [-0.25, -0.2) is 9.97 Å². The SMILES string of the molecule is CCNc1cc(N2CCC[C@@H](CCC(=O)NCc3ccc(N4CCOCC4)cc3)C2)ncn1. The molecular weight excluding hydrogens is 416 g/mol. The molecule has 2 aromatic rings. The number of nitrogens with zero attached hydrogens (tertiary/aromatic N) is 4. The maximum atomic E-state index is 12.5. The molecule has 33 heavy (non-hydrogen) atoms. The Balaban J connectivity index is 1.20. The third-order valence-corrected chi connectivity index (χ3v) is 6.44. The highest BCUT2D eigenvalue weighted by Gasteiger charge is 2.22. The third kappa shape index (κ3) is 6.81. The molecule has 1 atom stereocenters. The first kappa shape index (κ1) is 23.3. The lowest BCUT2D eigenvalue weighted by atomic mass is 9.93. The van der Waals surface area contributed by atoms with Crippen LogP contribution in [0.5, 0.6) is 0 Å². The van der Waals surface area contributed by atoms with Gasteiger partial charge in [0.1, 0.15) is 18.0 Å². The summed E-state index contributed by atoms with van der Waals surface area (Å²) in [5, 5.41) is 6.33. The van der Waals surface area contributed by atoms with Gasteiger partial charge in [0, 0.05) is 57.4 Å². The third-order valence-electron chi connectivity index (χ3n) is 6.44. The fraction of sp³-hybridized carbons (Fsp3) is 0.560. The number of hydrogen-bond donors (Lipinski definition) is 2. The highest BCUT2D eigenvalue weighted by molar-refractivity contribution is 5.75. The molecule has 1 aromatic carbocycles. The van der Waals surface area contributed by atoms with Crippen molar-refractivity contribution in [3.05, 3.63) is 42.2 Å². The monoisotopic (exact) mass is 452 g/mol. The molecule has 0 radical (unpaired) electrons. The number of nitrogens with one attached hydrogen (secondary N) is 2. The fourth-order valence-corrected chi connectivity index (χ4v) is 4.58. The zero-order valence-electron chi connectivity index (χ0n) is 19.6. The molecular formula is C25H36N6O2. The summed E-state index contributed by atoms with van der Waals surface area (Å²) in [5.74, 6) is 2.47. The van der Waals surface area contributed by atoms with E-state index in [4.69, 9.17) is 4.74 Å². The van der Waals surface area contributed by atoms with Crippen molar-refractivity contribution in [2.75, 3.05) is 61.1 Å². The van der Waals surface area contributed by atoms with Crippen molar-refractivity contribution < 1.29 is 9.53 Å². The van der Waals surface area contributed by atoms with Gasteiger partial charge in [-0.05, 0) is 49.8 Å². The summed E-state index contributed by atoms with van der Waals surface area (Å²) in [6, 6.07) is 10.5. The number of carbonyl (C=O) groups excluding carboxylic acids is 1. The summed E-state index contributed by atoms with van der Waals surface area (Å²) in [5.41, 5.74) is 2.35. The zero-order valence-corrected chi connectivity index (χ0v) is 19.6. The number of anilines is 3. The van der Waals surface area contributed by atoms with Crippen LogP contribution in [0.1, 0.15) is 38.2 Å². The van der Waals surface area contributed by atoms with Gasteiger partial charge in [-0.1, -0.05) is 12.1 Å². The van der Waals surface area contributed by atoms with Crippen molar-refractivity contribution >= 4 is 23.2 Å². The normalized spacial score (nSPS) is 18.8. The van der Waals surface area contributed by atoms with Crippen LogP contribution in [0.25, 0.3) is 0 Å². The number of amides is 1. The van der Waals surface area contributed by atoms with Crippen LogP contribution >= 0.6 is 0 Å². The second-order valence-electron chi connectivity index (χ2n) is 8.83. The lowest BCUT2D eigenvalue weighted by Crippen LogP contribution is -2.36. The number of rotatable bonds is 9. The van der Waals surface area contributed by atoms with Crippen LogP contribution < -0.4 is 20.4 Å². The molecule has 4 rings (SSSR count). The van der Waals surface area contributed by atoms with Crippen LogP contribution in [0, 0.1) is 5.92 Å². The Morgan fingerprint density at radius 2 is 1.94 bits per heavy atom. The molecule has 2 aliphatic heterocycles. The standard InChI is InChI=1S/C25H36N6O2/c1-2-26-23-16-24(29-19-28-23)31-11-3-4-21(18-31)7-10-25(32)27-17-20-5-8-22(9-6-20)30-12-14-33-15-13-30/h5-6,8-9,16,19,21H,2-4,7,10-15,17-18H2,1H3,(H,27,32)(H,26,28,29)/t21-/m0/s1. The van der Waals surface area contributed by atoms with Crippen molar-refractivity contribution in [1.29, 1.82) is 0 Å². The Morgan fingerprint density at radius 1 is 1.12 bits per heavy atom. The molecule has 0 bridgehead atoms. The van der Waals surface area contributed by atoms with Gasteiger partial charge in [0.2, 0.25) is 5.91 Å². The molecule has 2 N–H and O–H groups in total. The lowest BCUT2D eigenvalue weighted by molar-refractivity contribution is -0.121. The van der Waals surface area contributed by atoms with Crippen molar-refractivity contribution in [1.82, 2.24) is 15.3 Å². The van der Waals surface area contributed by atoms with E-state index in [1.807, 2.05) is 6.07 Å². The van der Waals surface area contributed by atoms with Gasteiger partial charge < -0.3 is 25.2 Å². The average molecular weight is 453 g/mol. The van der Waals surface area contributed by atoms with Crippen LogP contribution in [-0.2, 0) is 16.1 Å². The second-order valence-corrected chi connectivity index (χ2v) is 8.83. The van der Waals surface area contributed by atoms with E-state index in [1.54, 1.807) is 6.33 Å². The Hall–Kier alpha value is -2.87. The first-order chi connectivity index (χ1) is 16.2. The Kier molecular flexibility index (Phi) is 8.35. The van der Waals surface area contributed by atoms with Crippen LogP contribution in [0.15, 0.2) is 36.7 Å². The van der Waals surface area contributed by atoms with Crippen LogP contribution in [0.2, 0.25) is 0 Å². The van der Waals surface area contributed by atoms with E-state index in [-0.39, 0.29) is 5.91 Å². The lowest BCUT2D eigenvalue weighted by Gasteiger charge is -2.33. The first-order valence-corrected chi connectivity index (χ1v) is 12.2. The molecule has 1 amide bonds. The Morgan fingerprint density at radius 3 is 2.73 bits per heavy atom. The molecule has 3 heterocycles. The average Bonchev–Trinajstić information content (AvgIpc) is 2.88. The highest BCUT2D eigenvalue weighted by Crippen LogP contribution is 2.25. The number of morpholine rings is 1. The maximum absolute atomic E-state index is 12.5. The summed E-state index contributed by atoms with van der Waals surface area (Å²) >= 11 is 0. The summed E-state index contributed by atoms with van der Waals surface area (Å²) in [4.78, 5) is 25.9. The first-order valence-electron chi connectivity index (χ1n) is 12.2. The van der Waals surface area contributed by atoms with Crippen molar-refractivity contribution in [2.24, 2.45) is 5.92 Å². The molecule has 0 spiro atoms. The topological polar surface area (TPSA) is 82.6 Å². The number of piperidine rings is 1. The van der Waals surface area contributed by atoms with E-state index in [9.17, 15) is 4.79 Å². The smallest absolute Gasteiger partial charge is 0.220 e.